The molecular weight excluding hydrogens is 374 g/mol. The Morgan fingerprint density at radius 1 is 1.44 bits per heavy atom. The molecule has 0 bridgehead atoms. The second kappa shape index (κ2) is 8.11. The lowest BCUT2D eigenvalue weighted by molar-refractivity contribution is -0.119. The fraction of sp³-hybridized carbons (Fsp3) is 0.667. The number of aromatic nitrogens is 2. The number of nitrogens with one attached hydrogen (secondary N) is 1. The largest absolute Gasteiger partial charge is 0.405 e. The maximum absolute atomic E-state index is 14.1. The summed E-state index contributed by atoms with van der Waals surface area (Å²) in [7, 11) is 1.02. The number of rotatable bonds is 7. The van der Waals surface area contributed by atoms with Crippen LogP contribution >= 0.6 is 0 Å². The Labute approximate surface area is 152 Å². The second-order valence-electron chi connectivity index (χ2n) is 6.28. The maximum atomic E-state index is 14.1. The molecule has 1 aromatic heterocycles. The number of halogens is 4. The van der Waals surface area contributed by atoms with Crippen molar-refractivity contribution in [2.45, 2.75) is 50.9 Å². The molecule has 152 valence electrons. The highest BCUT2D eigenvalue weighted by Gasteiger charge is 2.40. The molecule has 2 heterocycles. The van der Waals surface area contributed by atoms with Crippen LogP contribution in [0.5, 0.6) is 0 Å². The molecule has 1 fully saturated rings. The van der Waals surface area contributed by atoms with E-state index >= 15 is 0 Å². The van der Waals surface area contributed by atoms with Gasteiger partial charge in [-0.1, -0.05) is 13.3 Å². The predicted octanol–water partition coefficient (Wildman–Crippen LogP) is 1.57. The Kier molecular flexibility index (Phi) is 6.29. The van der Waals surface area contributed by atoms with Crippen LogP contribution < -0.4 is 21.1 Å². The first-order chi connectivity index (χ1) is 12.6. The molecule has 3 unspecified atom stereocenters. The minimum Gasteiger partial charge on any atom is -0.369 e. The quantitative estimate of drug-likeness (QED) is 0.536. The molecule has 12 heteroatoms. The van der Waals surface area contributed by atoms with Gasteiger partial charge >= 0.3 is 6.18 Å². The summed E-state index contributed by atoms with van der Waals surface area (Å²) >= 11 is 0. The second-order valence-corrected chi connectivity index (χ2v) is 6.28. The Hall–Kier alpha value is -2.37. The number of H-pyrrole nitrogens is 1. The summed E-state index contributed by atoms with van der Waals surface area (Å²) in [5.74, 6) is -0.821. The molecule has 1 aliphatic rings. The summed E-state index contributed by atoms with van der Waals surface area (Å²) < 4.78 is 57.9. The van der Waals surface area contributed by atoms with Crippen LogP contribution in [0.2, 0.25) is 0 Å². The standard InChI is InChI=1S/C15H21F4N5O3/c1-3-4-9-8(16)5-10(27-9)24(7-25)12-11(13(26)22-14(20)21-12)23(2)6-15(17,18)19/h7-10H,3-6H2,1-2H3,(H3,20,21,22,26). The van der Waals surface area contributed by atoms with E-state index in [1.807, 2.05) is 6.92 Å². The van der Waals surface area contributed by atoms with Crippen molar-refractivity contribution in [3.63, 3.8) is 0 Å². The van der Waals surface area contributed by atoms with Gasteiger partial charge in [0, 0.05) is 13.5 Å². The van der Waals surface area contributed by atoms with Crippen molar-refractivity contribution in [1.29, 1.82) is 0 Å². The van der Waals surface area contributed by atoms with Gasteiger partial charge < -0.3 is 15.4 Å². The fourth-order valence-electron chi connectivity index (χ4n) is 3.00. The number of hydrogen-bond acceptors (Lipinski definition) is 6. The van der Waals surface area contributed by atoms with Crippen molar-refractivity contribution in [1.82, 2.24) is 9.97 Å². The average molecular weight is 395 g/mol. The Bertz CT molecular complexity index is 726. The van der Waals surface area contributed by atoms with Gasteiger partial charge in [-0.05, 0) is 6.42 Å². The molecule has 2 rings (SSSR count). The fourth-order valence-corrected chi connectivity index (χ4v) is 3.00. The number of amides is 1. The van der Waals surface area contributed by atoms with Crippen LogP contribution in [0.15, 0.2) is 4.79 Å². The Morgan fingerprint density at radius 3 is 2.67 bits per heavy atom. The molecule has 0 saturated carbocycles. The van der Waals surface area contributed by atoms with Gasteiger partial charge in [0.05, 0.1) is 6.10 Å². The van der Waals surface area contributed by atoms with Gasteiger partial charge in [-0.15, -0.1) is 0 Å². The van der Waals surface area contributed by atoms with Crippen LogP contribution in [-0.4, -0.2) is 54.7 Å². The number of carbonyl (C=O) groups excluding carboxylic acids is 1. The van der Waals surface area contributed by atoms with Gasteiger partial charge in [-0.25, -0.2) is 4.39 Å². The lowest BCUT2D eigenvalue weighted by atomic mass is 10.1. The van der Waals surface area contributed by atoms with Gasteiger partial charge in [0.25, 0.3) is 5.56 Å². The molecule has 3 atom stereocenters. The molecule has 0 aliphatic carbocycles. The van der Waals surface area contributed by atoms with Crippen molar-refractivity contribution < 1.29 is 27.1 Å². The first-order valence-corrected chi connectivity index (χ1v) is 8.28. The normalized spacial score (nSPS) is 22.7. The molecule has 1 aromatic rings. The number of ether oxygens (including phenoxy) is 1. The minimum atomic E-state index is -4.61. The number of aromatic amines is 1. The highest BCUT2D eigenvalue weighted by atomic mass is 19.4. The predicted molar refractivity (Wildman–Crippen MR) is 90.2 cm³/mol. The summed E-state index contributed by atoms with van der Waals surface area (Å²) in [6.45, 7) is 0.376. The average Bonchev–Trinajstić information content (AvgIpc) is 2.86. The number of nitrogens with two attached hydrogens (primary N) is 1. The van der Waals surface area contributed by atoms with Crippen LogP contribution in [-0.2, 0) is 9.53 Å². The number of alkyl halides is 4. The number of nitrogen functional groups attached to an aromatic ring is 1. The molecule has 3 N–H and O–H groups in total. The van der Waals surface area contributed by atoms with E-state index in [4.69, 9.17) is 10.5 Å². The summed E-state index contributed by atoms with van der Waals surface area (Å²) in [6.07, 6.45) is -6.72. The SMILES string of the molecule is CCCC1OC(N(C=O)c2nc(N)[nH]c(=O)c2N(C)CC(F)(F)F)CC1F. The summed E-state index contributed by atoms with van der Waals surface area (Å²) in [4.78, 5) is 31.2. The van der Waals surface area contributed by atoms with Crippen molar-refractivity contribution in [3.8, 4) is 0 Å². The summed E-state index contributed by atoms with van der Waals surface area (Å²) in [5.41, 5.74) is 4.00. The third-order valence-electron chi connectivity index (χ3n) is 4.10. The minimum absolute atomic E-state index is 0.194. The molecule has 27 heavy (non-hydrogen) atoms. The number of anilines is 3. The van der Waals surface area contributed by atoms with E-state index in [9.17, 15) is 27.2 Å². The lowest BCUT2D eigenvalue weighted by Crippen LogP contribution is -2.40. The van der Waals surface area contributed by atoms with Crippen LogP contribution in [0.25, 0.3) is 0 Å². The topological polar surface area (TPSA) is 105 Å². The van der Waals surface area contributed by atoms with E-state index in [2.05, 4.69) is 9.97 Å². The molecule has 0 radical (unpaired) electrons. The van der Waals surface area contributed by atoms with E-state index in [0.29, 0.717) is 17.7 Å². The highest BCUT2D eigenvalue weighted by molar-refractivity contribution is 5.81. The zero-order valence-electron chi connectivity index (χ0n) is 14.8. The van der Waals surface area contributed by atoms with Crippen molar-refractivity contribution in [3.05, 3.63) is 10.4 Å². The van der Waals surface area contributed by atoms with Crippen molar-refractivity contribution >= 4 is 23.9 Å². The van der Waals surface area contributed by atoms with E-state index < -0.39 is 54.2 Å². The molecule has 1 amide bonds. The van der Waals surface area contributed by atoms with Crippen LogP contribution in [0, 0.1) is 0 Å². The third-order valence-corrected chi connectivity index (χ3v) is 4.10. The molecular formula is C15H21F4N5O3. The van der Waals surface area contributed by atoms with Crippen LogP contribution in [0.3, 0.4) is 0 Å². The van der Waals surface area contributed by atoms with Crippen LogP contribution in [0.1, 0.15) is 26.2 Å². The first-order valence-electron chi connectivity index (χ1n) is 8.28. The maximum Gasteiger partial charge on any atom is 0.405 e. The Morgan fingerprint density at radius 2 is 2.11 bits per heavy atom. The van der Waals surface area contributed by atoms with Gasteiger partial charge in [0.15, 0.2) is 5.82 Å². The van der Waals surface area contributed by atoms with Gasteiger partial charge in [0.1, 0.15) is 24.6 Å². The Balaban J connectivity index is 2.43. The van der Waals surface area contributed by atoms with Crippen LogP contribution in [0.4, 0.5) is 35.0 Å². The van der Waals surface area contributed by atoms with Gasteiger partial charge in [-0.3, -0.25) is 19.5 Å². The van der Waals surface area contributed by atoms with E-state index in [1.54, 1.807) is 0 Å². The monoisotopic (exact) mass is 395 g/mol. The number of hydrogen-bond donors (Lipinski definition) is 2. The summed E-state index contributed by atoms with van der Waals surface area (Å²) in [5, 5.41) is 0. The summed E-state index contributed by atoms with van der Waals surface area (Å²) in [6, 6.07) is 0. The van der Waals surface area contributed by atoms with E-state index in [-0.39, 0.29) is 12.8 Å². The van der Waals surface area contributed by atoms with Gasteiger partial charge in [0.2, 0.25) is 12.4 Å². The molecule has 1 aliphatic heterocycles. The van der Waals surface area contributed by atoms with Crippen molar-refractivity contribution in [2.75, 3.05) is 29.1 Å². The van der Waals surface area contributed by atoms with E-state index in [0.717, 1.165) is 11.9 Å². The third kappa shape index (κ3) is 4.87. The molecule has 8 nitrogen and oxygen atoms in total. The molecule has 1 saturated heterocycles. The smallest absolute Gasteiger partial charge is 0.369 e. The van der Waals surface area contributed by atoms with Crippen molar-refractivity contribution in [2.24, 2.45) is 0 Å². The van der Waals surface area contributed by atoms with E-state index in [1.165, 1.54) is 0 Å². The molecule has 0 aromatic carbocycles. The zero-order chi connectivity index (χ0) is 20.4. The number of carbonyl (C=O) groups is 1. The molecule has 0 spiro atoms. The first kappa shape index (κ1) is 20.9. The van der Waals surface area contributed by atoms with Gasteiger partial charge in [-0.2, -0.15) is 18.2 Å². The lowest BCUT2D eigenvalue weighted by Gasteiger charge is -2.28. The zero-order valence-corrected chi connectivity index (χ0v) is 14.8. The number of nitrogens with zero attached hydrogens (tertiary/aromatic N) is 3. The highest BCUT2D eigenvalue weighted by Crippen LogP contribution is 2.33.